The quantitative estimate of drug-likeness (QED) is 0.225. The average molecular weight is 406 g/mol. The van der Waals surface area contributed by atoms with Crippen molar-refractivity contribution >= 4 is 11.7 Å². The van der Waals surface area contributed by atoms with Gasteiger partial charge in [0.25, 0.3) is 0 Å². The van der Waals surface area contributed by atoms with E-state index in [0.29, 0.717) is 37.8 Å². The SMILES string of the molecule is O=C(O)CCCCCC[C@H]1[C@@H](O)C/C(=N/O)[C@@H]1CC[C@@H](O)CCc1ccccc1. The van der Waals surface area contributed by atoms with Crippen LogP contribution >= 0.6 is 0 Å². The Hall–Kier alpha value is -1.92. The van der Waals surface area contributed by atoms with Crippen LogP contribution in [0, 0.1) is 11.8 Å². The third kappa shape index (κ3) is 8.15. The van der Waals surface area contributed by atoms with Crippen LogP contribution in [0.3, 0.4) is 0 Å². The van der Waals surface area contributed by atoms with Gasteiger partial charge < -0.3 is 20.5 Å². The first kappa shape index (κ1) is 23.4. The summed E-state index contributed by atoms with van der Waals surface area (Å²) in [6.45, 7) is 0. The molecule has 1 fully saturated rings. The van der Waals surface area contributed by atoms with Crippen LogP contribution in [-0.4, -0.2) is 44.4 Å². The average Bonchev–Trinajstić information content (AvgIpc) is 3.02. The fraction of sp³-hybridized carbons (Fsp3) is 0.652. The zero-order valence-corrected chi connectivity index (χ0v) is 17.1. The molecule has 2 rings (SSSR count). The number of benzene rings is 1. The number of aliphatic hydroxyl groups excluding tert-OH is 2. The van der Waals surface area contributed by atoms with Gasteiger partial charge in [-0.25, -0.2) is 0 Å². The maximum absolute atomic E-state index is 10.6. The molecule has 4 atom stereocenters. The first-order chi connectivity index (χ1) is 14.0. The molecule has 0 heterocycles. The van der Waals surface area contributed by atoms with E-state index >= 15 is 0 Å². The smallest absolute Gasteiger partial charge is 0.303 e. The van der Waals surface area contributed by atoms with Gasteiger partial charge in [0.1, 0.15) is 0 Å². The first-order valence-corrected chi connectivity index (χ1v) is 10.8. The summed E-state index contributed by atoms with van der Waals surface area (Å²) in [5.41, 5.74) is 1.85. The Balaban J connectivity index is 1.76. The molecule has 0 amide bonds. The lowest BCUT2D eigenvalue weighted by atomic mass is 9.84. The number of aliphatic hydroxyl groups is 2. The molecule has 6 nitrogen and oxygen atoms in total. The second-order valence-corrected chi connectivity index (χ2v) is 8.24. The summed E-state index contributed by atoms with van der Waals surface area (Å²) in [6, 6.07) is 10.1. The van der Waals surface area contributed by atoms with E-state index in [2.05, 4.69) is 17.3 Å². The summed E-state index contributed by atoms with van der Waals surface area (Å²) < 4.78 is 0. The highest BCUT2D eigenvalue weighted by Gasteiger charge is 2.39. The fourth-order valence-corrected chi connectivity index (χ4v) is 4.43. The number of carbonyl (C=O) groups is 1. The maximum atomic E-state index is 10.6. The number of hydrogen-bond acceptors (Lipinski definition) is 5. The molecule has 1 aromatic rings. The van der Waals surface area contributed by atoms with E-state index in [4.69, 9.17) is 5.11 Å². The number of carboxylic acids is 1. The lowest BCUT2D eigenvalue weighted by Crippen LogP contribution is -2.22. The number of aliphatic carboxylic acids is 1. The second kappa shape index (κ2) is 12.6. The number of nitrogens with zero attached hydrogens (tertiary/aromatic N) is 1. The Morgan fingerprint density at radius 3 is 2.48 bits per heavy atom. The monoisotopic (exact) mass is 405 g/mol. The zero-order chi connectivity index (χ0) is 21.1. The van der Waals surface area contributed by atoms with E-state index in [9.17, 15) is 20.2 Å². The first-order valence-electron chi connectivity index (χ1n) is 10.8. The molecular formula is C23H35NO5. The van der Waals surface area contributed by atoms with Crippen LogP contribution in [0.5, 0.6) is 0 Å². The summed E-state index contributed by atoms with van der Waals surface area (Å²) >= 11 is 0. The number of unbranched alkanes of at least 4 members (excludes halogenated alkanes) is 3. The van der Waals surface area contributed by atoms with E-state index in [1.165, 1.54) is 5.56 Å². The number of aryl methyl sites for hydroxylation is 1. The molecule has 0 bridgehead atoms. The van der Waals surface area contributed by atoms with Crippen molar-refractivity contribution in [1.29, 1.82) is 0 Å². The van der Waals surface area contributed by atoms with Crippen LogP contribution in [0.1, 0.15) is 69.8 Å². The van der Waals surface area contributed by atoms with Gasteiger partial charge in [-0.05, 0) is 50.0 Å². The molecule has 0 aliphatic heterocycles. The standard InChI is InChI=1S/C23H35NO5/c25-18(13-12-17-8-4-3-5-9-17)14-15-19-20(22(26)16-21(19)24-29)10-6-1-2-7-11-23(27)28/h3-5,8-9,18-20,22,25-26,29H,1-2,6-7,10-16H2,(H,27,28)/b24-21-/t18-,19+,20+,22-/m0/s1. The molecule has 162 valence electrons. The van der Waals surface area contributed by atoms with Crippen LogP contribution in [0.15, 0.2) is 35.5 Å². The van der Waals surface area contributed by atoms with Gasteiger partial charge in [-0.2, -0.15) is 0 Å². The molecule has 4 N–H and O–H groups in total. The third-order valence-corrected chi connectivity index (χ3v) is 6.08. The second-order valence-electron chi connectivity index (χ2n) is 8.24. The topological polar surface area (TPSA) is 110 Å². The van der Waals surface area contributed by atoms with Crippen molar-refractivity contribution in [2.75, 3.05) is 0 Å². The van der Waals surface area contributed by atoms with Crippen molar-refractivity contribution in [3.8, 4) is 0 Å². The van der Waals surface area contributed by atoms with Gasteiger partial charge in [-0.15, -0.1) is 0 Å². The molecule has 1 aliphatic rings. The van der Waals surface area contributed by atoms with Gasteiger partial charge in [0.15, 0.2) is 0 Å². The molecular weight excluding hydrogens is 370 g/mol. The van der Waals surface area contributed by atoms with Gasteiger partial charge in [0.05, 0.1) is 17.9 Å². The summed E-state index contributed by atoms with van der Waals surface area (Å²) in [4.78, 5) is 10.6. The molecule has 6 heteroatoms. The van der Waals surface area contributed by atoms with Gasteiger partial charge >= 0.3 is 5.97 Å². The Kier molecular flexibility index (Phi) is 10.2. The molecule has 0 saturated heterocycles. The molecule has 0 radical (unpaired) electrons. The Labute approximate surface area is 173 Å². The minimum absolute atomic E-state index is 0.000366. The molecule has 0 unspecified atom stereocenters. The van der Waals surface area contributed by atoms with Crippen molar-refractivity contribution in [1.82, 2.24) is 0 Å². The number of hydrogen-bond donors (Lipinski definition) is 4. The van der Waals surface area contributed by atoms with E-state index in [-0.39, 0.29) is 18.3 Å². The maximum Gasteiger partial charge on any atom is 0.303 e. The van der Waals surface area contributed by atoms with Gasteiger partial charge in [0.2, 0.25) is 0 Å². The Morgan fingerprint density at radius 1 is 1.07 bits per heavy atom. The lowest BCUT2D eigenvalue weighted by molar-refractivity contribution is -0.137. The fourth-order valence-electron chi connectivity index (χ4n) is 4.43. The van der Waals surface area contributed by atoms with Gasteiger partial charge in [0, 0.05) is 18.8 Å². The van der Waals surface area contributed by atoms with Crippen molar-refractivity contribution in [3.05, 3.63) is 35.9 Å². The van der Waals surface area contributed by atoms with E-state index in [1.807, 2.05) is 18.2 Å². The van der Waals surface area contributed by atoms with Crippen LogP contribution in [-0.2, 0) is 11.2 Å². The highest BCUT2D eigenvalue weighted by Crippen LogP contribution is 2.37. The Bertz CT molecular complexity index is 633. The van der Waals surface area contributed by atoms with E-state index in [0.717, 1.165) is 32.1 Å². The van der Waals surface area contributed by atoms with Crippen LogP contribution in [0.2, 0.25) is 0 Å². The lowest BCUT2D eigenvalue weighted by Gasteiger charge is -2.23. The summed E-state index contributed by atoms with van der Waals surface area (Å²) in [6.07, 6.45) is 6.78. The molecule has 29 heavy (non-hydrogen) atoms. The largest absolute Gasteiger partial charge is 0.481 e. The number of oxime groups is 1. The summed E-state index contributed by atoms with van der Waals surface area (Å²) in [5.74, 6) is -0.715. The Morgan fingerprint density at radius 2 is 1.79 bits per heavy atom. The van der Waals surface area contributed by atoms with E-state index in [1.54, 1.807) is 0 Å². The van der Waals surface area contributed by atoms with Crippen molar-refractivity contribution in [2.45, 2.75) is 82.8 Å². The summed E-state index contributed by atoms with van der Waals surface area (Å²) in [7, 11) is 0. The highest BCUT2D eigenvalue weighted by atomic mass is 16.4. The minimum Gasteiger partial charge on any atom is -0.481 e. The molecule has 1 aromatic carbocycles. The van der Waals surface area contributed by atoms with Crippen molar-refractivity contribution < 1.29 is 25.3 Å². The van der Waals surface area contributed by atoms with Gasteiger partial charge in [-0.3, -0.25) is 4.79 Å². The minimum atomic E-state index is -0.758. The van der Waals surface area contributed by atoms with Crippen molar-refractivity contribution in [3.63, 3.8) is 0 Å². The van der Waals surface area contributed by atoms with E-state index < -0.39 is 18.2 Å². The number of carboxylic acid groups (broad SMARTS) is 1. The van der Waals surface area contributed by atoms with Crippen LogP contribution < -0.4 is 0 Å². The van der Waals surface area contributed by atoms with Crippen LogP contribution in [0.25, 0.3) is 0 Å². The molecule has 1 saturated carbocycles. The molecule has 0 spiro atoms. The third-order valence-electron chi connectivity index (χ3n) is 6.08. The molecule has 0 aromatic heterocycles. The van der Waals surface area contributed by atoms with Crippen molar-refractivity contribution in [2.24, 2.45) is 17.0 Å². The normalized spacial score (nSPS) is 24.1. The predicted octanol–water partition coefficient (Wildman–Crippen LogP) is 4.01. The van der Waals surface area contributed by atoms with Crippen LogP contribution in [0.4, 0.5) is 0 Å². The summed E-state index contributed by atoms with van der Waals surface area (Å²) in [5, 5.41) is 42.3. The predicted molar refractivity (Wildman–Crippen MR) is 112 cm³/mol. The highest BCUT2D eigenvalue weighted by molar-refractivity contribution is 5.89. The number of rotatable bonds is 13. The van der Waals surface area contributed by atoms with Gasteiger partial charge in [-0.1, -0.05) is 54.8 Å². The zero-order valence-electron chi connectivity index (χ0n) is 17.1. The molecule has 1 aliphatic carbocycles.